The molecule has 1 amide bonds. The highest BCUT2D eigenvalue weighted by Crippen LogP contribution is 2.14. The summed E-state index contributed by atoms with van der Waals surface area (Å²) in [5.74, 6) is -0.148. The third kappa shape index (κ3) is 3.74. The number of nitrogens with two attached hydrogens (primary N) is 1. The predicted molar refractivity (Wildman–Crippen MR) is 75.8 cm³/mol. The van der Waals surface area contributed by atoms with Gasteiger partial charge in [0.25, 0.3) is 0 Å². The van der Waals surface area contributed by atoms with Gasteiger partial charge in [-0.05, 0) is 25.0 Å². The molecule has 4 nitrogen and oxygen atoms in total. The molecule has 1 aromatic rings. The van der Waals surface area contributed by atoms with Gasteiger partial charge in [0.15, 0.2) is 5.69 Å². The van der Waals surface area contributed by atoms with Crippen LogP contribution in [0.3, 0.4) is 0 Å². The molecule has 1 aliphatic heterocycles. The zero-order chi connectivity index (χ0) is 14.4. The van der Waals surface area contributed by atoms with Gasteiger partial charge in [-0.15, -0.1) is 0 Å². The molecule has 0 unspecified atom stereocenters. The zero-order valence-corrected chi connectivity index (χ0v) is 11.6. The molecule has 0 fully saturated rings. The van der Waals surface area contributed by atoms with Crippen LogP contribution in [-0.4, -0.2) is 23.6 Å². The third-order valence-electron chi connectivity index (χ3n) is 3.15. The molecule has 1 heterocycles. The molecule has 1 aromatic carbocycles. The van der Waals surface area contributed by atoms with Crippen LogP contribution in [0.15, 0.2) is 41.1 Å². The number of halogens is 1. The van der Waals surface area contributed by atoms with E-state index >= 15 is 0 Å². The summed E-state index contributed by atoms with van der Waals surface area (Å²) in [6.45, 7) is 2.61. The summed E-state index contributed by atoms with van der Waals surface area (Å²) >= 11 is 0. The van der Waals surface area contributed by atoms with Gasteiger partial charge in [-0.2, -0.15) is 5.43 Å². The van der Waals surface area contributed by atoms with Crippen molar-refractivity contribution in [3.63, 3.8) is 0 Å². The molecule has 20 heavy (non-hydrogen) atoms. The minimum absolute atomic E-state index is 0.115. The summed E-state index contributed by atoms with van der Waals surface area (Å²) in [5, 5.41) is 4.23. The Kier molecular flexibility index (Phi) is 5.01. The quantitative estimate of drug-likeness (QED) is 0.388. The first-order valence-corrected chi connectivity index (χ1v) is 6.83. The van der Waals surface area contributed by atoms with Crippen molar-refractivity contribution in [1.82, 2.24) is 4.90 Å². The second kappa shape index (κ2) is 6.96. The Balaban J connectivity index is 2.00. The normalized spacial score (nSPS) is 15.5. The Morgan fingerprint density at radius 3 is 2.90 bits per heavy atom. The van der Waals surface area contributed by atoms with Gasteiger partial charge in [0.2, 0.25) is 5.91 Å². The van der Waals surface area contributed by atoms with Crippen molar-refractivity contribution in [2.24, 2.45) is 5.10 Å². The van der Waals surface area contributed by atoms with Gasteiger partial charge in [-0.25, -0.2) is 4.39 Å². The molecule has 0 bridgehead atoms. The molecular weight excluding hydrogens is 257 g/mol. The highest BCUT2D eigenvalue weighted by Gasteiger charge is 2.17. The first kappa shape index (κ1) is 14.4. The van der Waals surface area contributed by atoms with Gasteiger partial charge >= 0.3 is 0 Å². The number of hydrogen-bond acceptors (Lipinski definition) is 2. The zero-order valence-electron chi connectivity index (χ0n) is 11.6. The third-order valence-corrected chi connectivity index (χ3v) is 3.15. The van der Waals surface area contributed by atoms with Gasteiger partial charge in [-0.1, -0.05) is 18.1 Å². The maximum atomic E-state index is 12.8. The van der Waals surface area contributed by atoms with Crippen LogP contribution in [0.25, 0.3) is 0 Å². The monoisotopic (exact) mass is 276 g/mol. The fourth-order valence-electron chi connectivity index (χ4n) is 2.07. The lowest BCUT2D eigenvalue weighted by molar-refractivity contribution is -0.577. The number of quaternary nitrogens is 1. The lowest BCUT2D eigenvalue weighted by Crippen LogP contribution is -2.71. The molecular formula is C15H19FN3O+. The fraction of sp³-hybridized carbons (Fsp3) is 0.333. The summed E-state index contributed by atoms with van der Waals surface area (Å²) in [6, 6.07) is 6.12. The van der Waals surface area contributed by atoms with Gasteiger partial charge < -0.3 is 4.90 Å². The van der Waals surface area contributed by atoms with E-state index in [2.05, 4.69) is 5.10 Å². The van der Waals surface area contributed by atoms with E-state index in [1.165, 1.54) is 12.1 Å². The molecule has 2 rings (SSSR count). The average molecular weight is 276 g/mol. The first-order valence-electron chi connectivity index (χ1n) is 6.83. The van der Waals surface area contributed by atoms with Crippen LogP contribution in [0.5, 0.6) is 0 Å². The van der Waals surface area contributed by atoms with E-state index in [0.717, 1.165) is 30.8 Å². The molecule has 0 saturated heterocycles. The summed E-state index contributed by atoms with van der Waals surface area (Å²) in [7, 11) is 0. The van der Waals surface area contributed by atoms with Crippen molar-refractivity contribution in [1.29, 1.82) is 0 Å². The average Bonchev–Trinajstić information content (AvgIpc) is 2.49. The van der Waals surface area contributed by atoms with E-state index in [0.29, 0.717) is 6.42 Å². The molecule has 1 aliphatic rings. The van der Waals surface area contributed by atoms with Gasteiger partial charge in [0.05, 0.1) is 5.70 Å². The standard InChI is InChI=1S/C15H18FN3O/c1-2-15(20)19-10-4-3-5-14(19)11-17-18-13-8-6-12(16)7-9-13/h5-9,11,18H,2-4,10H2,1H3/p+1. The molecule has 0 spiro atoms. The number of rotatable bonds is 4. The SMILES string of the molecule is CCC(=O)N1CCCC=C1C=N[NH2+]c1ccc(F)cc1. The van der Waals surface area contributed by atoms with Crippen LogP contribution in [0.4, 0.5) is 10.1 Å². The van der Waals surface area contributed by atoms with E-state index in [4.69, 9.17) is 0 Å². The smallest absolute Gasteiger partial charge is 0.226 e. The molecule has 0 atom stereocenters. The maximum Gasteiger partial charge on any atom is 0.226 e. The van der Waals surface area contributed by atoms with Crippen molar-refractivity contribution in [3.8, 4) is 0 Å². The minimum atomic E-state index is -0.263. The largest absolute Gasteiger partial charge is 0.311 e. The van der Waals surface area contributed by atoms with Crippen LogP contribution in [-0.2, 0) is 4.79 Å². The highest BCUT2D eigenvalue weighted by atomic mass is 19.1. The van der Waals surface area contributed by atoms with E-state index in [1.807, 2.05) is 13.0 Å². The minimum Gasteiger partial charge on any atom is -0.311 e. The molecule has 0 aromatic heterocycles. The highest BCUT2D eigenvalue weighted by molar-refractivity contribution is 5.87. The summed E-state index contributed by atoms with van der Waals surface area (Å²) in [6.07, 6.45) is 6.16. The van der Waals surface area contributed by atoms with Crippen LogP contribution in [0.2, 0.25) is 0 Å². The number of benzene rings is 1. The van der Waals surface area contributed by atoms with Crippen molar-refractivity contribution in [2.75, 3.05) is 6.54 Å². The van der Waals surface area contributed by atoms with Gasteiger partial charge in [0.1, 0.15) is 12.0 Å². The summed E-state index contributed by atoms with van der Waals surface area (Å²) in [4.78, 5) is 13.6. The summed E-state index contributed by atoms with van der Waals surface area (Å²) in [5.41, 5.74) is 3.33. The topological polar surface area (TPSA) is 49.3 Å². The van der Waals surface area contributed by atoms with Gasteiger partial charge in [-0.3, -0.25) is 4.79 Å². The number of carbonyl (C=O) groups excluding carboxylic acids is 1. The number of hydrogen-bond donors (Lipinski definition) is 1. The number of allylic oxidation sites excluding steroid dienone is 2. The second-order valence-electron chi connectivity index (χ2n) is 4.63. The maximum absolute atomic E-state index is 12.8. The van der Waals surface area contributed by atoms with Crippen molar-refractivity contribution in [3.05, 3.63) is 41.9 Å². The molecule has 0 aliphatic carbocycles. The fourth-order valence-corrected chi connectivity index (χ4v) is 2.07. The Morgan fingerprint density at radius 2 is 2.20 bits per heavy atom. The predicted octanol–water partition coefficient (Wildman–Crippen LogP) is 1.92. The Hall–Kier alpha value is -2.01. The lowest BCUT2D eigenvalue weighted by atomic mass is 10.1. The van der Waals surface area contributed by atoms with Crippen molar-refractivity contribution < 1.29 is 14.6 Å². The van der Waals surface area contributed by atoms with E-state index in [9.17, 15) is 9.18 Å². The Morgan fingerprint density at radius 1 is 1.45 bits per heavy atom. The van der Waals surface area contributed by atoms with Gasteiger partial charge in [0, 0.05) is 25.1 Å². The number of amides is 1. The van der Waals surface area contributed by atoms with E-state index in [1.54, 1.807) is 28.7 Å². The van der Waals surface area contributed by atoms with E-state index < -0.39 is 0 Å². The first-order chi connectivity index (χ1) is 9.70. The second-order valence-corrected chi connectivity index (χ2v) is 4.63. The Labute approximate surface area is 118 Å². The van der Waals surface area contributed by atoms with Crippen LogP contribution >= 0.6 is 0 Å². The van der Waals surface area contributed by atoms with Crippen LogP contribution in [0, 0.1) is 5.82 Å². The molecule has 2 N–H and O–H groups in total. The lowest BCUT2D eigenvalue weighted by Gasteiger charge is -2.25. The molecule has 0 radical (unpaired) electrons. The van der Waals surface area contributed by atoms with Crippen LogP contribution < -0.4 is 5.43 Å². The van der Waals surface area contributed by atoms with Crippen molar-refractivity contribution in [2.45, 2.75) is 26.2 Å². The Bertz CT molecular complexity index is 522. The van der Waals surface area contributed by atoms with Crippen molar-refractivity contribution >= 4 is 17.8 Å². The summed E-state index contributed by atoms with van der Waals surface area (Å²) < 4.78 is 12.8. The number of nitrogens with zero attached hydrogens (tertiary/aromatic N) is 2. The molecule has 106 valence electrons. The number of carbonyl (C=O) groups is 1. The van der Waals surface area contributed by atoms with E-state index in [-0.39, 0.29) is 11.7 Å². The van der Waals surface area contributed by atoms with Crippen LogP contribution in [0.1, 0.15) is 26.2 Å². The molecule has 0 saturated carbocycles. The molecule has 5 heteroatoms.